The number of hydrogen-bond donors (Lipinski definition) is 0. The first-order valence-corrected chi connectivity index (χ1v) is 9.00. The molecule has 2 aromatic rings. The Balaban J connectivity index is 1.71. The number of hydrogen-bond acceptors (Lipinski definition) is 4. The number of pyridine rings is 1. The molecule has 0 bridgehead atoms. The van der Waals surface area contributed by atoms with Gasteiger partial charge in [0.2, 0.25) is 0 Å². The summed E-state index contributed by atoms with van der Waals surface area (Å²) < 4.78 is 11.9. The lowest BCUT2D eigenvalue weighted by Crippen LogP contribution is -2.59. The molecule has 3 unspecified atom stereocenters. The van der Waals surface area contributed by atoms with E-state index < -0.39 is 5.60 Å². The molecule has 0 saturated carbocycles. The molecule has 1 amide bonds. The highest BCUT2D eigenvalue weighted by Crippen LogP contribution is 2.36. The number of rotatable bonds is 1. The van der Waals surface area contributed by atoms with Crippen LogP contribution in [0.3, 0.4) is 0 Å². The lowest BCUT2D eigenvalue weighted by atomic mass is 9.92. The van der Waals surface area contributed by atoms with E-state index in [0.717, 1.165) is 17.3 Å². The van der Waals surface area contributed by atoms with Crippen LogP contribution in [0.4, 0.5) is 0 Å². The SMILES string of the molecule is CC1CN(C(=O)c2cc(Cl)nc3ccccc23)CC2(CCOC2C)O1. The zero-order valence-electron chi connectivity index (χ0n) is 14.4. The maximum Gasteiger partial charge on any atom is 0.254 e. The van der Waals surface area contributed by atoms with Gasteiger partial charge in [-0.1, -0.05) is 29.8 Å². The number of amides is 1. The number of para-hydroxylation sites is 1. The first kappa shape index (κ1) is 16.8. The van der Waals surface area contributed by atoms with E-state index in [-0.39, 0.29) is 18.1 Å². The van der Waals surface area contributed by atoms with Gasteiger partial charge in [-0.2, -0.15) is 0 Å². The highest BCUT2D eigenvalue weighted by molar-refractivity contribution is 6.30. The van der Waals surface area contributed by atoms with Gasteiger partial charge < -0.3 is 14.4 Å². The number of benzene rings is 1. The van der Waals surface area contributed by atoms with Gasteiger partial charge in [-0.05, 0) is 26.0 Å². The van der Waals surface area contributed by atoms with E-state index in [0.29, 0.717) is 30.4 Å². The molecular weight excluding hydrogens is 340 g/mol. The smallest absolute Gasteiger partial charge is 0.254 e. The molecule has 2 aliphatic rings. The minimum Gasteiger partial charge on any atom is -0.375 e. The third-order valence-corrected chi connectivity index (χ3v) is 5.40. The summed E-state index contributed by atoms with van der Waals surface area (Å²) in [4.78, 5) is 19.5. The fourth-order valence-corrected chi connectivity index (χ4v) is 4.14. The van der Waals surface area contributed by atoms with Crippen LogP contribution in [0.25, 0.3) is 10.9 Å². The summed E-state index contributed by atoms with van der Waals surface area (Å²) in [7, 11) is 0. The van der Waals surface area contributed by atoms with Crippen LogP contribution in [0.5, 0.6) is 0 Å². The van der Waals surface area contributed by atoms with Crippen LogP contribution >= 0.6 is 11.6 Å². The second kappa shape index (κ2) is 6.24. The Bertz CT molecular complexity index is 827. The third kappa shape index (κ3) is 2.90. The van der Waals surface area contributed by atoms with Crippen molar-refractivity contribution in [2.75, 3.05) is 19.7 Å². The fraction of sp³-hybridized carbons (Fsp3) is 0.474. The lowest BCUT2D eigenvalue weighted by molar-refractivity contribution is -0.160. The number of ether oxygens (including phenoxy) is 2. The Morgan fingerprint density at radius 1 is 1.36 bits per heavy atom. The van der Waals surface area contributed by atoms with Crippen LogP contribution in [0.15, 0.2) is 30.3 Å². The van der Waals surface area contributed by atoms with Gasteiger partial charge in [-0.15, -0.1) is 0 Å². The van der Waals surface area contributed by atoms with Crippen molar-refractivity contribution >= 4 is 28.4 Å². The topological polar surface area (TPSA) is 51.7 Å². The molecule has 25 heavy (non-hydrogen) atoms. The molecule has 4 rings (SSSR count). The minimum atomic E-state index is -0.417. The molecule has 2 saturated heterocycles. The van der Waals surface area contributed by atoms with Crippen molar-refractivity contribution in [2.24, 2.45) is 0 Å². The highest BCUT2D eigenvalue weighted by Gasteiger charge is 2.49. The Kier molecular flexibility index (Phi) is 4.18. The van der Waals surface area contributed by atoms with E-state index in [1.165, 1.54) is 0 Å². The predicted octanol–water partition coefficient (Wildman–Crippen LogP) is 3.30. The standard InChI is InChI=1S/C19H21ClN2O3/c1-12-10-22(11-19(25-12)7-8-24-13(19)2)18(23)15-9-17(20)21-16-6-4-3-5-14(15)16/h3-6,9,12-13H,7-8,10-11H2,1-2H3. The van der Waals surface area contributed by atoms with Gasteiger partial charge in [0.1, 0.15) is 10.8 Å². The summed E-state index contributed by atoms with van der Waals surface area (Å²) in [6.45, 7) is 5.78. The van der Waals surface area contributed by atoms with Crippen LogP contribution < -0.4 is 0 Å². The van der Waals surface area contributed by atoms with Gasteiger partial charge in [0.05, 0.1) is 29.8 Å². The number of carbonyl (C=O) groups is 1. The number of carbonyl (C=O) groups excluding carboxylic acids is 1. The summed E-state index contributed by atoms with van der Waals surface area (Å²) in [6, 6.07) is 9.24. The van der Waals surface area contributed by atoms with Crippen LogP contribution in [0.1, 0.15) is 30.6 Å². The van der Waals surface area contributed by atoms with Crippen LogP contribution in [-0.4, -0.2) is 53.3 Å². The average molecular weight is 361 g/mol. The lowest BCUT2D eigenvalue weighted by Gasteiger charge is -2.45. The Morgan fingerprint density at radius 2 is 2.16 bits per heavy atom. The van der Waals surface area contributed by atoms with Gasteiger partial charge in [0.25, 0.3) is 5.91 Å². The van der Waals surface area contributed by atoms with E-state index in [1.54, 1.807) is 6.07 Å². The van der Waals surface area contributed by atoms with Crippen molar-refractivity contribution in [3.05, 3.63) is 41.0 Å². The van der Waals surface area contributed by atoms with E-state index in [4.69, 9.17) is 21.1 Å². The molecule has 1 aromatic heterocycles. The molecule has 3 heterocycles. The molecule has 3 atom stereocenters. The molecule has 1 aromatic carbocycles. The molecule has 2 fully saturated rings. The number of fused-ring (bicyclic) bond motifs is 1. The maximum atomic E-state index is 13.3. The summed E-state index contributed by atoms with van der Waals surface area (Å²) >= 11 is 6.15. The summed E-state index contributed by atoms with van der Waals surface area (Å²) in [5, 5.41) is 1.15. The molecule has 132 valence electrons. The number of halogens is 1. The first-order chi connectivity index (χ1) is 12.0. The fourth-order valence-electron chi connectivity index (χ4n) is 3.94. The van der Waals surface area contributed by atoms with E-state index in [2.05, 4.69) is 4.98 Å². The first-order valence-electron chi connectivity index (χ1n) is 8.62. The third-order valence-electron chi connectivity index (χ3n) is 5.21. The Labute approximate surface area is 151 Å². The van der Waals surface area contributed by atoms with Gasteiger partial charge in [0, 0.05) is 25.0 Å². The van der Waals surface area contributed by atoms with Crippen molar-refractivity contribution in [3.63, 3.8) is 0 Å². The van der Waals surface area contributed by atoms with Crippen molar-refractivity contribution < 1.29 is 14.3 Å². The quantitative estimate of drug-likeness (QED) is 0.732. The monoisotopic (exact) mass is 360 g/mol. The molecular formula is C19H21ClN2O3. The van der Waals surface area contributed by atoms with Crippen molar-refractivity contribution in [2.45, 2.75) is 38.1 Å². The molecule has 1 spiro atoms. The van der Waals surface area contributed by atoms with Crippen molar-refractivity contribution in [1.82, 2.24) is 9.88 Å². The number of morpholine rings is 1. The Hall–Kier alpha value is -1.69. The molecule has 0 radical (unpaired) electrons. The zero-order chi connectivity index (χ0) is 17.6. The summed E-state index contributed by atoms with van der Waals surface area (Å²) in [5.41, 5.74) is 0.901. The minimum absolute atomic E-state index is 0.0247. The van der Waals surface area contributed by atoms with Crippen molar-refractivity contribution in [3.8, 4) is 0 Å². The normalized spacial score (nSPS) is 29.5. The second-order valence-electron chi connectivity index (χ2n) is 6.95. The molecule has 5 nitrogen and oxygen atoms in total. The van der Waals surface area contributed by atoms with E-state index in [9.17, 15) is 4.79 Å². The predicted molar refractivity (Wildman–Crippen MR) is 96.0 cm³/mol. The van der Waals surface area contributed by atoms with Gasteiger partial charge in [-0.3, -0.25) is 4.79 Å². The summed E-state index contributed by atoms with van der Waals surface area (Å²) in [5.74, 6) is -0.0332. The van der Waals surface area contributed by atoms with Crippen molar-refractivity contribution in [1.29, 1.82) is 0 Å². The second-order valence-corrected chi connectivity index (χ2v) is 7.34. The van der Waals surface area contributed by atoms with Crippen LogP contribution in [0.2, 0.25) is 5.15 Å². The number of aromatic nitrogens is 1. The van der Waals surface area contributed by atoms with E-state index in [1.807, 2.05) is 43.0 Å². The molecule has 6 heteroatoms. The maximum absolute atomic E-state index is 13.3. The Morgan fingerprint density at radius 3 is 2.92 bits per heavy atom. The largest absolute Gasteiger partial charge is 0.375 e. The number of nitrogens with zero attached hydrogens (tertiary/aromatic N) is 2. The summed E-state index contributed by atoms with van der Waals surface area (Å²) in [6.07, 6.45) is 0.744. The van der Waals surface area contributed by atoms with E-state index >= 15 is 0 Å². The van der Waals surface area contributed by atoms with Crippen LogP contribution in [-0.2, 0) is 9.47 Å². The van der Waals surface area contributed by atoms with Gasteiger partial charge >= 0.3 is 0 Å². The molecule has 2 aliphatic heterocycles. The van der Waals surface area contributed by atoms with Gasteiger partial charge in [0.15, 0.2) is 0 Å². The zero-order valence-corrected chi connectivity index (χ0v) is 15.1. The molecule has 0 N–H and O–H groups in total. The molecule has 0 aliphatic carbocycles. The van der Waals surface area contributed by atoms with Crippen LogP contribution in [0, 0.1) is 0 Å². The highest BCUT2D eigenvalue weighted by atomic mass is 35.5. The van der Waals surface area contributed by atoms with Gasteiger partial charge in [-0.25, -0.2) is 4.98 Å². The average Bonchev–Trinajstić information content (AvgIpc) is 2.92.